The molecule has 1 aliphatic rings. The predicted molar refractivity (Wildman–Crippen MR) is 119 cm³/mol. The van der Waals surface area contributed by atoms with Gasteiger partial charge in [-0.25, -0.2) is 0 Å². The van der Waals surface area contributed by atoms with Crippen LogP contribution in [-0.4, -0.2) is 35.7 Å². The molecule has 8 heteroatoms. The fourth-order valence-corrected chi connectivity index (χ4v) is 3.79. The number of benzene rings is 2. The largest absolute Gasteiger partial charge is 0.494 e. The fraction of sp³-hybridized carbons (Fsp3) is 0.348. The van der Waals surface area contributed by atoms with Crippen LogP contribution in [0.15, 0.2) is 53.1 Å². The van der Waals surface area contributed by atoms with Gasteiger partial charge in [-0.2, -0.15) is 4.98 Å². The molecule has 2 aromatic carbocycles. The second-order valence-electron chi connectivity index (χ2n) is 7.43. The van der Waals surface area contributed by atoms with E-state index in [1.54, 1.807) is 12.1 Å². The van der Waals surface area contributed by atoms with E-state index in [0.29, 0.717) is 43.1 Å². The SMILES string of the molecule is CCOc1ccccc1CNC(=O)C1CCN(c2nc(-c3ccc(Cl)cc3)no2)CC1. The molecule has 2 heterocycles. The Balaban J connectivity index is 1.30. The Bertz CT molecular complexity index is 1010. The normalized spacial score (nSPS) is 14.5. The number of rotatable bonds is 7. The molecule has 4 rings (SSSR count). The van der Waals surface area contributed by atoms with Gasteiger partial charge in [-0.3, -0.25) is 4.79 Å². The van der Waals surface area contributed by atoms with E-state index in [0.717, 1.165) is 29.7 Å². The standard InChI is InChI=1S/C23H25ClN4O3/c1-2-30-20-6-4-3-5-18(20)15-25-22(29)17-11-13-28(14-12-17)23-26-21(27-31-23)16-7-9-19(24)10-8-16/h3-10,17H,2,11-15H2,1H3,(H,25,29). The lowest BCUT2D eigenvalue weighted by molar-refractivity contribution is -0.125. The Labute approximate surface area is 186 Å². The number of halogens is 1. The summed E-state index contributed by atoms with van der Waals surface area (Å²) < 4.78 is 11.1. The van der Waals surface area contributed by atoms with Crippen LogP contribution < -0.4 is 15.0 Å². The van der Waals surface area contributed by atoms with Gasteiger partial charge in [-0.1, -0.05) is 35.0 Å². The molecule has 1 N–H and O–H groups in total. The van der Waals surface area contributed by atoms with E-state index in [1.807, 2.05) is 48.2 Å². The molecule has 1 amide bonds. The molecule has 31 heavy (non-hydrogen) atoms. The zero-order chi connectivity index (χ0) is 21.6. The van der Waals surface area contributed by atoms with Crippen LogP contribution in [0.5, 0.6) is 5.75 Å². The fourth-order valence-electron chi connectivity index (χ4n) is 3.67. The van der Waals surface area contributed by atoms with Gasteiger partial charge in [0.05, 0.1) is 6.61 Å². The summed E-state index contributed by atoms with van der Waals surface area (Å²) in [5.41, 5.74) is 1.83. The third kappa shape index (κ3) is 5.17. The van der Waals surface area contributed by atoms with Crippen LogP contribution in [0.4, 0.5) is 6.01 Å². The van der Waals surface area contributed by atoms with Crippen molar-refractivity contribution < 1.29 is 14.1 Å². The summed E-state index contributed by atoms with van der Waals surface area (Å²) in [7, 11) is 0. The smallest absolute Gasteiger partial charge is 0.324 e. The molecule has 3 aromatic rings. The first-order chi connectivity index (χ1) is 15.1. The summed E-state index contributed by atoms with van der Waals surface area (Å²) >= 11 is 5.93. The highest BCUT2D eigenvalue weighted by atomic mass is 35.5. The third-order valence-electron chi connectivity index (χ3n) is 5.38. The lowest BCUT2D eigenvalue weighted by Crippen LogP contribution is -2.40. The van der Waals surface area contributed by atoms with Gasteiger partial charge in [-0.15, -0.1) is 0 Å². The summed E-state index contributed by atoms with van der Waals surface area (Å²) in [5.74, 6) is 1.37. The molecule has 0 aliphatic carbocycles. The topological polar surface area (TPSA) is 80.5 Å². The van der Waals surface area contributed by atoms with Gasteiger partial charge in [0.15, 0.2) is 0 Å². The Morgan fingerprint density at radius 3 is 2.68 bits per heavy atom. The third-order valence-corrected chi connectivity index (χ3v) is 5.63. The summed E-state index contributed by atoms with van der Waals surface area (Å²) in [6.45, 7) is 4.39. The van der Waals surface area contributed by atoms with Crippen LogP contribution >= 0.6 is 11.6 Å². The zero-order valence-electron chi connectivity index (χ0n) is 17.4. The highest BCUT2D eigenvalue weighted by molar-refractivity contribution is 6.30. The molecule has 0 radical (unpaired) electrons. The average molecular weight is 441 g/mol. The molecule has 1 aliphatic heterocycles. The first kappa shape index (κ1) is 21.2. The lowest BCUT2D eigenvalue weighted by atomic mass is 9.96. The molecule has 162 valence electrons. The van der Waals surface area contributed by atoms with E-state index in [2.05, 4.69) is 15.5 Å². The van der Waals surface area contributed by atoms with Gasteiger partial charge >= 0.3 is 6.01 Å². The van der Waals surface area contributed by atoms with E-state index in [-0.39, 0.29) is 11.8 Å². The summed E-state index contributed by atoms with van der Waals surface area (Å²) in [5, 5.41) is 7.78. The summed E-state index contributed by atoms with van der Waals surface area (Å²) in [6.07, 6.45) is 1.47. The molecule has 1 fully saturated rings. The Kier molecular flexibility index (Phi) is 6.72. The number of anilines is 1. The van der Waals surface area contributed by atoms with Crippen LogP contribution in [0, 0.1) is 5.92 Å². The number of aromatic nitrogens is 2. The van der Waals surface area contributed by atoms with Crippen molar-refractivity contribution in [2.24, 2.45) is 5.92 Å². The van der Waals surface area contributed by atoms with Gasteiger partial charge in [0.1, 0.15) is 5.75 Å². The molecule has 0 saturated carbocycles. The van der Waals surface area contributed by atoms with Crippen molar-refractivity contribution in [3.63, 3.8) is 0 Å². The van der Waals surface area contributed by atoms with Crippen molar-refractivity contribution in [1.82, 2.24) is 15.5 Å². The molecular weight excluding hydrogens is 416 g/mol. The number of nitrogens with one attached hydrogen (secondary N) is 1. The maximum Gasteiger partial charge on any atom is 0.324 e. The van der Waals surface area contributed by atoms with Gasteiger partial charge in [0.25, 0.3) is 0 Å². The number of para-hydroxylation sites is 1. The van der Waals surface area contributed by atoms with E-state index in [1.165, 1.54) is 0 Å². The van der Waals surface area contributed by atoms with Gasteiger partial charge < -0.3 is 19.5 Å². The minimum absolute atomic E-state index is 0.0332. The molecule has 1 saturated heterocycles. The minimum Gasteiger partial charge on any atom is -0.494 e. The number of ether oxygens (including phenoxy) is 1. The van der Waals surface area contributed by atoms with E-state index < -0.39 is 0 Å². The van der Waals surface area contributed by atoms with Gasteiger partial charge in [-0.05, 0) is 50.1 Å². The minimum atomic E-state index is -0.0332. The molecule has 0 atom stereocenters. The van der Waals surface area contributed by atoms with Crippen LogP contribution in [-0.2, 0) is 11.3 Å². The number of piperidine rings is 1. The van der Waals surface area contributed by atoms with E-state index in [4.69, 9.17) is 20.9 Å². The second-order valence-corrected chi connectivity index (χ2v) is 7.86. The number of amides is 1. The molecule has 0 spiro atoms. The quantitative estimate of drug-likeness (QED) is 0.589. The second kappa shape index (κ2) is 9.83. The van der Waals surface area contributed by atoms with E-state index in [9.17, 15) is 4.79 Å². The number of hydrogen-bond acceptors (Lipinski definition) is 6. The Morgan fingerprint density at radius 2 is 1.94 bits per heavy atom. The number of carbonyl (C=O) groups is 1. The van der Waals surface area contributed by atoms with Crippen LogP contribution in [0.2, 0.25) is 5.02 Å². The first-order valence-electron chi connectivity index (χ1n) is 10.5. The highest BCUT2D eigenvalue weighted by Gasteiger charge is 2.27. The summed E-state index contributed by atoms with van der Waals surface area (Å²) in [4.78, 5) is 19.2. The zero-order valence-corrected chi connectivity index (χ0v) is 18.1. The van der Waals surface area contributed by atoms with Crippen molar-refractivity contribution in [3.05, 3.63) is 59.1 Å². The molecular formula is C23H25ClN4O3. The molecule has 0 unspecified atom stereocenters. The van der Waals surface area contributed by atoms with E-state index >= 15 is 0 Å². The van der Waals surface area contributed by atoms with Crippen LogP contribution in [0.3, 0.4) is 0 Å². The van der Waals surface area contributed by atoms with Crippen molar-refractivity contribution in [3.8, 4) is 17.1 Å². The Hall–Kier alpha value is -3.06. The molecule has 7 nitrogen and oxygen atoms in total. The van der Waals surface area contributed by atoms with Gasteiger partial charge in [0.2, 0.25) is 11.7 Å². The van der Waals surface area contributed by atoms with Crippen molar-refractivity contribution in [2.45, 2.75) is 26.3 Å². The van der Waals surface area contributed by atoms with Crippen molar-refractivity contribution in [2.75, 3.05) is 24.6 Å². The molecule has 1 aromatic heterocycles. The van der Waals surface area contributed by atoms with Gasteiger partial charge in [0, 0.05) is 41.7 Å². The maximum absolute atomic E-state index is 12.7. The maximum atomic E-state index is 12.7. The number of hydrogen-bond donors (Lipinski definition) is 1. The Morgan fingerprint density at radius 1 is 1.19 bits per heavy atom. The molecule has 0 bridgehead atoms. The van der Waals surface area contributed by atoms with Crippen LogP contribution in [0.25, 0.3) is 11.4 Å². The first-order valence-corrected chi connectivity index (χ1v) is 10.8. The highest BCUT2D eigenvalue weighted by Crippen LogP contribution is 2.26. The summed E-state index contributed by atoms with van der Waals surface area (Å²) in [6, 6.07) is 15.6. The average Bonchev–Trinajstić information content (AvgIpc) is 3.29. The van der Waals surface area contributed by atoms with Crippen LogP contribution in [0.1, 0.15) is 25.3 Å². The predicted octanol–water partition coefficient (Wildman–Crippen LogP) is 4.32. The lowest BCUT2D eigenvalue weighted by Gasteiger charge is -2.29. The number of carbonyl (C=O) groups excluding carboxylic acids is 1. The number of nitrogens with zero attached hydrogens (tertiary/aromatic N) is 3. The van der Waals surface area contributed by atoms with Crippen molar-refractivity contribution in [1.29, 1.82) is 0 Å². The van der Waals surface area contributed by atoms with Crippen molar-refractivity contribution >= 4 is 23.5 Å². The monoisotopic (exact) mass is 440 g/mol.